The molecule has 0 aliphatic carbocycles. The van der Waals surface area contributed by atoms with Crippen LogP contribution in [0.15, 0.2) is 72.0 Å². The Morgan fingerprint density at radius 1 is 0.939 bits per heavy atom. The van der Waals surface area contributed by atoms with Crippen LogP contribution in [0, 0.1) is 0 Å². The van der Waals surface area contributed by atoms with Crippen molar-refractivity contribution in [2.45, 2.75) is 23.0 Å². The Morgan fingerprint density at radius 3 is 2.45 bits per heavy atom. The van der Waals surface area contributed by atoms with Gasteiger partial charge in [0.1, 0.15) is 0 Å². The van der Waals surface area contributed by atoms with Crippen LogP contribution in [0.5, 0.6) is 0 Å². The number of hydrogen-bond acceptors (Lipinski definition) is 6. The minimum absolute atomic E-state index is 0.314. The maximum absolute atomic E-state index is 12.8. The van der Waals surface area contributed by atoms with E-state index in [-0.39, 0.29) is 5.25 Å². The van der Waals surface area contributed by atoms with Crippen molar-refractivity contribution in [1.82, 2.24) is 20.3 Å². The number of rotatable bonds is 6. The van der Waals surface area contributed by atoms with Gasteiger partial charge in [0.2, 0.25) is 5.95 Å². The predicted octanol–water partition coefficient (Wildman–Crippen LogP) is 4.40. The van der Waals surface area contributed by atoms with Crippen LogP contribution in [0.3, 0.4) is 0 Å². The van der Waals surface area contributed by atoms with E-state index >= 15 is 0 Å². The predicted molar refractivity (Wildman–Crippen MR) is 132 cm³/mol. The number of anilines is 2. The summed E-state index contributed by atoms with van der Waals surface area (Å²) in [6, 6.07) is 15.0. The molecule has 33 heavy (non-hydrogen) atoms. The van der Waals surface area contributed by atoms with Crippen LogP contribution in [-0.4, -0.2) is 41.7 Å². The molecule has 5 rings (SSSR count). The average molecular weight is 460 g/mol. The highest BCUT2D eigenvalue weighted by molar-refractivity contribution is 7.92. The van der Waals surface area contributed by atoms with Gasteiger partial charge in [0.05, 0.1) is 10.1 Å². The fourth-order valence-electron chi connectivity index (χ4n) is 4.08. The van der Waals surface area contributed by atoms with E-state index in [4.69, 9.17) is 0 Å². The summed E-state index contributed by atoms with van der Waals surface area (Å²) in [6.45, 7) is 1.49. The third-order valence-corrected chi connectivity index (χ3v) is 8.20. The molecule has 1 saturated heterocycles. The number of hydrogen-bond donors (Lipinski definition) is 3. The largest absolute Gasteiger partial charge is 0.361 e. The van der Waals surface area contributed by atoms with E-state index in [1.165, 1.54) is 5.39 Å². The molecule has 0 bridgehead atoms. The molecule has 0 radical (unpaired) electrons. The van der Waals surface area contributed by atoms with Crippen LogP contribution in [-0.2, 0) is 9.84 Å². The third-order valence-electron chi connectivity index (χ3n) is 5.92. The molecule has 1 aliphatic rings. The van der Waals surface area contributed by atoms with E-state index in [1.54, 1.807) is 36.7 Å². The molecule has 0 amide bonds. The Balaban J connectivity index is 1.25. The van der Waals surface area contributed by atoms with Crippen LogP contribution >= 0.6 is 0 Å². The number of fused-ring (bicyclic) bond motifs is 1. The summed E-state index contributed by atoms with van der Waals surface area (Å²) >= 11 is 0. The van der Waals surface area contributed by atoms with Crippen molar-refractivity contribution in [1.29, 1.82) is 0 Å². The van der Waals surface area contributed by atoms with Gasteiger partial charge in [0, 0.05) is 40.7 Å². The molecular weight excluding hydrogens is 434 g/mol. The van der Waals surface area contributed by atoms with E-state index in [0.717, 1.165) is 35.4 Å². The summed E-state index contributed by atoms with van der Waals surface area (Å²) in [6.07, 6.45) is 10.8. The molecule has 0 atom stereocenters. The Bertz CT molecular complexity index is 1370. The number of nitrogens with zero attached hydrogens (tertiary/aromatic N) is 2. The van der Waals surface area contributed by atoms with Crippen LogP contribution < -0.4 is 10.6 Å². The molecular formula is C25H25N5O2S. The lowest BCUT2D eigenvalue weighted by Crippen LogP contribution is -2.35. The topological polar surface area (TPSA) is 99.8 Å². The Labute approximate surface area is 192 Å². The monoisotopic (exact) mass is 459 g/mol. The standard InChI is InChI=1S/C25H25N5O2S/c31-33(32,22-10-13-26-14-11-22)21-8-6-20(7-9-21)30-25-28-16-18(17-29-25)4-5-19-2-1-3-24-23(19)12-15-27-24/h1-9,12,15-17,22,26-27H,10-11,13-14H2,(H,28,29,30)/b5-4+. The quantitative estimate of drug-likeness (QED) is 0.395. The summed E-state index contributed by atoms with van der Waals surface area (Å²) in [5.74, 6) is 0.453. The lowest BCUT2D eigenvalue weighted by atomic mass is 10.1. The SMILES string of the molecule is O=S(=O)(c1ccc(Nc2ncc(/C=C/c3cccc4[nH]ccc34)cn2)cc1)C1CCNCC1. The van der Waals surface area contributed by atoms with E-state index in [1.807, 2.05) is 30.5 Å². The molecule has 168 valence electrons. The number of nitrogens with one attached hydrogen (secondary N) is 3. The number of benzene rings is 2. The molecule has 2 aromatic heterocycles. The van der Waals surface area contributed by atoms with Gasteiger partial charge in [0.15, 0.2) is 9.84 Å². The van der Waals surface area contributed by atoms with Crippen LogP contribution in [0.4, 0.5) is 11.6 Å². The maximum Gasteiger partial charge on any atom is 0.227 e. The molecule has 2 aromatic carbocycles. The molecule has 3 N–H and O–H groups in total. The highest BCUT2D eigenvalue weighted by Gasteiger charge is 2.28. The van der Waals surface area contributed by atoms with Crippen molar-refractivity contribution in [3.63, 3.8) is 0 Å². The molecule has 1 aliphatic heterocycles. The summed E-state index contributed by atoms with van der Waals surface area (Å²) < 4.78 is 25.7. The van der Waals surface area contributed by atoms with E-state index in [0.29, 0.717) is 23.7 Å². The minimum Gasteiger partial charge on any atom is -0.361 e. The van der Waals surface area contributed by atoms with Crippen molar-refractivity contribution < 1.29 is 8.42 Å². The zero-order valence-corrected chi connectivity index (χ0v) is 18.8. The second-order valence-corrected chi connectivity index (χ2v) is 10.3. The number of aromatic nitrogens is 3. The zero-order chi connectivity index (χ0) is 22.7. The maximum atomic E-state index is 12.8. The first-order valence-corrected chi connectivity index (χ1v) is 12.5. The molecule has 0 unspecified atom stereocenters. The number of sulfone groups is 1. The fraction of sp³-hybridized carbons (Fsp3) is 0.200. The van der Waals surface area contributed by atoms with Crippen molar-refractivity contribution in [3.05, 3.63) is 78.2 Å². The van der Waals surface area contributed by atoms with Crippen LogP contribution in [0.1, 0.15) is 24.0 Å². The van der Waals surface area contributed by atoms with Gasteiger partial charge in [-0.25, -0.2) is 18.4 Å². The van der Waals surface area contributed by atoms with Crippen molar-refractivity contribution in [3.8, 4) is 0 Å². The smallest absolute Gasteiger partial charge is 0.227 e. The van der Waals surface area contributed by atoms with Crippen molar-refractivity contribution in [2.24, 2.45) is 0 Å². The first-order valence-electron chi connectivity index (χ1n) is 11.0. The van der Waals surface area contributed by atoms with Gasteiger partial charge in [-0.1, -0.05) is 24.3 Å². The van der Waals surface area contributed by atoms with Gasteiger partial charge in [-0.3, -0.25) is 0 Å². The van der Waals surface area contributed by atoms with Crippen LogP contribution in [0.25, 0.3) is 23.1 Å². The molecule has 4 aromatic rings. The Morgan fingerprint density at radius 2 is 1.70 bits per heavy atom. The fourth-order valence-corrected chi connectivity index (χ4v) is 5.84. The molecule has 0 saturated carbocycles. The Hall–Kier alpha value is -3.49. The molecule has 8 heteroatoms. The summed E-state index contributed by atoms with van der Waals surface area (Å²) in [7, 11) is -3.31. The highest BCUT2D eigenvalue weighted by Crippen LogP contribution is 2.24. The Kier molecular flexibility index (Phi) is 5.93. The number of aromatic amines is 1. The van der Waals surface area contributed by atoms with Gasteiger partial charge in [-0.05, 0) is 67.9 Å². The van der Waals surface area contributed by atoms with Crippen molar-refractivity contribution >= 4 is 44.5 Å². The molecule has 1 fully saturated rings. The molecule has 3 heterocycles. The first-order chi connectivity index (χ1) is 16.1. The van der Waals surface area contributed by atoms with E-state index in [2.05, 4.69) is 37.7 Å². The van der Waals surface area contributed by atoms with Gasteiger partial charge in [-0.15, -0.1) is 0 Å². The van der Waals surface area contributed by atoms with Crippen molar-refractivity contribution in [2.75, 3.05) is 18.4 Å². The van der Waals surface area contributed by atoms with Gasteiger partial charge >= 0.3 is 0 Å². The molecule has 7 nitrogen and oxygen atoms in total. The summed E-state index contributed by atoms with van der Waals surface area (Å²) in [4.78, 5) is 12.3. The van der Waals surface area contributed by atoms with Gasteiger partial charge in [-0.2, -0.15) is 0 Å². The first kappa shape index (κ1) is 21.4. The van der Waals surface area contributed by atoms with E-state index < -0.39 is 9.84 Å². The molecule has 0 spiro atoms. The minimum atomic E-state index is -3.31. The van der Waals surface area contributed by atoms with Gasteiger partial charge in [0.25, 0.3) is 0 Å². The zero-order valence-electron chi connectivity index (χ0n) is 18.0. The highest BCUT2D eigenvalue weighted by atomic mass is 32.2. The average Bonchev–Trinajstić information content (AvgIpc) is 3.34. The van der Waals surface area contributed by atoms with E-state index in [9.17, 15) is 8.42 Å². The lowest BCUT2D eigenvalue weighted by Gasteiger charge is -2.22. The number of piperidine rings is 1. The lowest BCUT2D eigenvalue weighted by molar-refractivity contribution is 0.496. The number of H-pyrrole nitrogens is 1. The third kappa shape index (κ3) is 4.67. The van der Waals surface area contributed by atoms with Crippen LogP contribution in [0.2, 0.25) is 0 Å². The second-order valence-electron chi connectivity index (χ2n) is 8.10. The summed E-state index contributed by atoms with van der Waals surface area (Å²) in [5, 5.41) is 7.19. The summed E-state index contributed by atoms with van der Waals surface area (Å²) in [5.41, 5.74) is 3.84. The second kappa shape index (κ2) is 9.17. The van der Waals surface area contributed by atoms with Gasteiger partial charge < -0.3 is 15.6 Å². The normalized spacial score (nSPS) is 15.3.